The molecule has 2 aromatic carbocycles. The lowest BCUT2D eigenvalue weighted by Gasteiger charge is -2.52. The third-order valence-corrected chi connectivity index (χ3v) is 7.11. The Kier molecular flexibility index (Phi) is 6.52. The van der Waals surface area contributed by atoms with E-state index in [0.29, 0.717) is 11.3 Å². The second kappa shape index (κ2) is 9.51. The molecule has 0 bridgehead atoms. The molecule has 1 unspecified atom stereocenters. The third kappa shape index (κ3) is 4.37. The van der Waals surface area contributed by atoms with Gasteiger partial charge in [0.05, 0.1) is 6.07 Å². The first kappa shape index (κ1) is 22.6. The van der Waals surface area contributed by atoms with E-state index in [1.807, 2.05) is 66.7 Å². The van der Waals surface area contributed by atoms with Gasteiger partial charge < -0.3 is 15.0 Å². The van der Waals surface area contributed by atoms with E-state index in [1.54, 1.807) is 0 Å². The van der Waals surface area contributed by atoms with E-state index in [4.69, 9.17) is 10.00 Å². The maximum atomic E-state index is 13.4. The SMILES string of the molecule is C=C1CS[C@@H]2[C@H](NC(=O)C(C)C#N)C(=O)N2[C@H]1C(=O)OC(c1ccccc1)c1ccccc1. The van der Waals surface area contributed by atoms with Crippen molar-refractivity contribution in [2.75, 3.05) is 5.75 Å². The highest BCUT2D eigenvalue weighted by atomic mass is 32.2. The Hall–Kier alpha value is -3.57. The van der Waals surface area contributed by atoms with Gasteiger partial charge in [0, 0.05) is 5.75 Å². The van der Waals surface area contributed by atoms with Gasteiger partial charge in [0.15, 0.2) is 12.1 Å². The zero-order valence-electron chi connectivity index (χ0n) is 18.0. The molecule has 7 nitrogen and oxygen atoms in total. The molecule has 1 N–H and O–H groups in total. The van der Waals surface area contributed by atoms with Gasteiger partial charge >= 0.3 is 5.97 Å². The van der Waals surface area contributed by atoms with E-state index in [1.165, 1.54) is 23.6 Å². The fraction of sp³-hybridized carbons (Fsp3) is 0.280. The molecule has 168 valence electrons. The normalized spacial score (nSPS) is 22.6. The molecule has 0 aliphatic carbocycles. The minimum atomic E-state index is -0.930. The second-order valence-corrected chi connectivity index (χ2v) is 9.09. The van der Waals surface area contributed by atoms with Gasteiger partial charge in [0.1, 0.15) is 17.3 Å². The number of nitrogens with zero attached hydrogens (tertiary/aromatic N) is 2. The van der Waals surface area contributed by atoms with Crippen LogP contribution in [-0.2, 0) is 19.1 Å². The third-order valence-electron chi connectivity index (χ3n) is 5.73. The Labute approximate surface area is 196 Å². The highest BCUT2D eigenvalue weighted by Crippen LogP contribution is 2.41. The van der Waals surface area contributed by atoms with Crippen LogP contribution in [-0.4, -0.2) is 45.9 Å². The Bertz CT molecular complexity index is 1080. The number of thioether (sulfide) groups is 1. The van der Waals surface area contributed by atoms with Crippen LogP contribution in [0.2, 0.25) is 0 Å². The number of nitriles is 1. The minimum absolute atomic E-state index is 0.384. The molecule has 2 saturated heterocycles. The first-order valence-electron chi connectivity index (χ1n) is 10.5. The van der Waals surface area contributed by atoms with Gasteiger partial charge in [-0.05, 0) is 23.6 Å². The van der Waals surface area contributed by atoms with Crippen LogP contribution in [0.1, 0.15) is 24.2 Å². The molecule has 2 amide bonds. The van der Waals surface area contributed by atoms with Crippen LogP contribution in [0, 0.1) is 17.2 Å². The molecule has 2 aliphatic rings. The number of hydrogen-bond donors (Lipinski definition) is 1. The summed E-state index contributed by atoms with van der Waals surface area (Å²) in [7, 11) is 0. The predicted octanol–water partition coefficient (Wildman–Crippen LogP) is 2.80. The lowest BCUT2D eigenvalue weighted by Crippen LogP contribution is -2.75. The quantitative estimate of drug-likeness (QED) is 0.403. The fourth-order valence-electron chi connectivity index (χ4n) is 3.92. The number of esters is 1. The number of nitrogens with one attached hydrogen (secondary N) is 1. The first-order valence-corrected chi connectivity index (χ1v) is 11.6. The van der Waals surface area contributed by atoms with Crippen molar-refractivity contribution >= 4 is 29.5 Å². The molecule has 2 aromatic rings. The van der Waals surface area contributed by atoms with Gasteiger partial charge in [-0.1, -0.05) is 67.2 Å². The minimum Gasteiger partial charge on any atom is -0.451 e. The number of carbonyl (C=O) groups is 3. The van der Waals surface area contributed by atoms with Crippen molar-refractivity contribution in [1.82, 2.24) is 10.2 Å². The number of benzene rings is 2. The highest BCUT2D eigenvalue weighted by molar-refractivity contribution is 8.00. The summed E-state index contributed by atoms with van der Waals surface area (Å²) in [6.07, 6.45) is -0.635. The standard InChI is InChI=1S/C25H23N3O4S/c1-15(13-26)22(29)27-19-23(30)28-20(16(2)14-33-24(19)28)25(31)32-21(17-9-5-3-6-10-17)18-11-7-4-8-12-18/h3-12,15,19-21,24H,2,14H2,1H3,(H,27,29)/t15?,19-,20-,24-/m1/s1. The maximum absolute atomic E-state index is 13.4. The zero-order chi connectivity index (χ0) is 23.5. The smallest absolute Gasteiger partial charge is 0.334 e. The van der Waals surface area contributed by atoms with E-state index < -0.39 is 41.4 Å². The van der Waals surface area contributed by atoms with E-state index in [-0.39, 0.29) is 5.91 Å². The van der Waals surface area contributed by atoms with E-state index in [2.05, 4.69) is 11.9 Å². The van der Waals surface area contributed by atoms with Crippen molar-refractivity contribution < 1.29 is 19.1 Å². The molecule has 4 atom stereocenters. The van der Waals surface area contributed by atoms with Gasteiger partial charge in [-0.25, -0.2) is 4.79 Å². The highest BCUT2D eigenvalue weighted by Gasteiger charge is 2.56. The molecule has 0 spiro atoms. The molecule has 0 aromatic heterocycles. The Morgan fingerprint density at radius 1 is 1.15 bits per heavy atom. The van der Waals surface area contributed by atoms with Crippen LogP contribution in [0.5, 0.6) is 0 Å². The molecular weight excluding hydrogens is 438 g/mol. The van der Waals surface area contributed by atoms with Crippen molar-refractivity contribution in [3.05, 3.63) is 83.9 Å². The van der Waals surface area contributed by atoms with Gasteiger partial charge in [0.25, 0.3) is 0 Å². The number of carbonyl (C=O) groups excluding carboxylic acids is 3. The van der Waals surface area contributed by atoms with Gasteiger partial charge in [0.2, 0.25) is 11.8 Å². The van der Waals surface area contributed by atoms with Crippen LogP contribution in [0.25, 0.3) is 0 Å². The molecule has 2 heterocycles. The van der Waals surface area contributed by atoms with Gasteiger partial charge in [-0.2, -0.15) is 5.26 Å². The van der Waals surface area contributed by atoms with Crippen LogP contribution in [0.3, 0.4) is 0 Å². The number of amides is 2. The number of ether oxygens (including phenoxy) is 1. The van der Waals surface area contributed by atoms with Crippen LogP contribution >= 0.6 is 11.8 Å². The van der Waals surface area contributed by atoms with Crippen molar-refractivity contribution in [3.8, 4) is 6.07 Å². The lowest BCUT2D eigenvalue weighted by atomic mass is 9.97. The van der Waals surface area contributed by atoms with E-state index in [9.17, 15) is 14.4 Å². The molecule has 0 saturated carbocycles. The summed E-state index contributed by atoms with van der Waals surface area (Å²) in [6.45, 7) is 5.48. The zero-order valence-corrected chi connectivity index (χ0v) is 18.8. The van der Waals surface area contributed by atoms with Crippen LogP contribution in [0.4, 0.5) is 0 Å². The van der Waals surface area contributed by atoms with Crippen LogP contribution in [0.15, 0.2) is 72.8 Å². The largest absolute Gasteiger partial charge is 0.451 e. The average Bonchev–Trinajstić information content (AvgIpc) is 2.85. The molecular formula is C25H23N3O4S. The summed E-state index contributed by atoms with van der Waals surface area (Å²) in [5.41, 5.74) is 2.20. The van der Waals surface area contributed by atoms with Crippen molar-refractivity contribution in [3.63, 3.8) is 0 Å². The van der Waals surface area contributed by atoms with Gasteiger partial charge in [-0.3, -0.25) is 9.59 Å². The second-order valence-electron chi connectivity index (χ2n) is 7.98. The summed E-state index contributed by atoms with van der Waals surface area (Å²) < 4.78 is 5.97. The molecule has 2 fully saturated rings. The summed E-state index contributed by atoms with van der Waals surface area (Å²) >= 11 is 1.43. The Morgan fingerprint density at radius 3 is 2.27 bits per heavy atom. The summed E-state index contributed by atoms with van der Waals surface area (Å²) in [4.78, 5) is 39.8. The number of β-lactam (4-membered cyclic amide) rings is 1. The molecule has 8 heteroatoms. The van der Waals surface area contributed by atoms with Crippen LogP contribution < -0.4 is 5.32 Å². The van der Waals surface area contributed by atoms with E-state index >= 15 is 0 Å². The fourth-order valence-corrected chi connectivity index (χ4v) is 5.23. The summed E-state index contributed by atoms with van der Waals surface area (Å²) in [5.74, 6) is -1.87. The molecule has 2 aliphatic heterocycles. The average molecular weight is 462 g/mol. The Balaban J connectivity index is 1.54. The monoisotopic (exact) mass is 461 g/mol. The summed E-state index contributed by atoms with van der Waals surface area (Å²) in [5, 5.41) is 11.2. The molecule has 4 rings (SSSR count). The number of rotatable bonds is 6. The topological polar surface area (TPSA) is 99.5 Å². The van der Waals surface area contributed by atoms with Crippen molar-refractivity contribution in [2.45, 2.75) is 30.5 Å². The van der Waals surface area contributed by atoms with Crippen molar-refractivity contribution in [2.24, 2.45) is 5.92 Å². The maximum Gasteiger partial charge on any atom is 0.334 e. The molecule has 0 radical (unpaired) electrons. The number of hydrogen-bond acceptors (Lipinski definition) is 6. The first-order chi connectivity index (χ1) is 15.9. The predicted molar refractivity (Wildman–Crippen MR) is 124 cm³/mol. The summed E-state index contributed by atoms with van der Waals surface area (Å²) in [6, 6.07) is 19.0. The molecule has 33 heavy (non-hydrogen) atoms. The Morgan fingerprint density at radius 2 is 1.73 bits per heavy atom. The van der Waals surface area contributed by atoms with Crippen molar-refractivity contribution in [1.29, 1.82) is 5.26 Å². The van der Waals surface area contributed by atoms with Gasteiger partial charge in [-0.15, -0.1) is 11.8 Å². The number of fused-ring (bicyclic) bond motifs is 1. The van der Waals surface area contributed by atoms with E-state index in [0.717, 1.165) is 11.1 Å². The lowest BCUT2D eigenvalue weighted by molar-refractivity contribution is -0.165.